The third kappa shape index (κ3) is 4.81. The molecule has 2 rings (SSSR count). The Bertz CT molecular complexity index is 804. The first-order valence-electron chi connectivity index (χ1n) is 6.92. The fraction of sp³-hybridized carbons (Fsp3) is 0.267. The van der Waals surface area contributed by atoms with Gasteiger partial charge in [0.1, 0.15) is 6.54 Å². The number of furan rings is 1. The van der Waals surface area contributed by atoms with Crippen LogP contribution in [0.2, 0.25) is 0 Å². The molecular weight excluding hydrogens is 409 g/mol. The Morgan fingerprint density at radius 1 is 1.36 bits per heavy atom. The van der Waals surface area contributed by atoms with Gasteiger partial charge >= 0.3 is 6.18 Å². The molecule has 1 aromatic carbocycles. The number of alkyl halides is 3. The number of hydrogen-bond acceptors (Lipinski definition) is 4. The molecule has 1 aromatic heterocycles. The number of nitro benzene ring substituents is 1. The maximum absolute atomic E-state index is 12.9. The molecule has 0 bridgehead atoms. The summed E-state index contributed by atoms with van der Waals surface area (Å²) in [5.74, 6) is -1.26. The van der Waals surface area contributed by atoms with Crippen molar-refractivity contribution in [1.82, 2.24) is 4.90 Å². The van der Waals surface area contributed by atoms with Crippen molar-refractivity contribution in [2.45, 2.75) is 19.6 Å². The molecule has 0 aliphatic rings. The number of amides is 1. The Balaban J connectivity index is 2.39. The van der Waals surface area contributed by atoms with Gasteiger partial charge in [-0.05, 0) is 28.9 Å². The summed E-state index contributed by atoms with van der Waals surface area (Å²) in [7, 11) is 0. The van der Waals surface area contributed by atoms with Gasteiger partial charge in [0.2, 0.25) is 0 Å². The molecule has 0 aliphatic heterocycles. The molecule has 0 fully saturated rings. The Hall–Kier alpha value is -2.36. The van der Waals surface area contributed by atoms with Crippen molar-refractivity contribution < 1.29 is 27.3 Å². The number of para-hydroxylation sites is 1. The molecule has 0 N–H and O–H groups in total. The van der Waals surface area contributed by atoms with E-state index in [1.165, 1.54) is 37.3 Å². The highest BCUT2D eigenvalue weighted by molar-refractivity contribution is 9.10. The van der Waals surface area contributed by atoms with E-state index < -0.39 is 30.1 Å². The lowest BCUT2D eigenvalue weighted by Crippen LogP contribution is -2.38. The first kappa shape index (κ1) is 19.0. The lowest BCUT2D eigenvalue weighted by Gasteiger charge is -2.23. The molecule has 0 atom stereocenters. The van der Waals surface area contributed by atoms with Crippen LogP contribution in [0, 0.1) is 17.0 Å². The largest absolute Gasteiger partial charge is 0.444 e. The molecule has 2 aromatic rings. The van der Waals surface area contributed by atoms with Gasteiger partial charge in [0.05, 0.1) is 11.5 Å². The normalized spacial score (nSPS) is 11.4. The number of nitrogens with zero attached hydrogens (tertiary/aromatic N) is 2. The highest BCUT2D eigenvalue weighted by Gasteiger charge is 2.35. The van der Waals surface area contributed by atoms with Gasteiger partial charge < -0.3 is 9.32 Å². The van der Waals surface area contributed by atoms with Crippen LogP contribution in [-0.2, 0) is 6.54 Å². The lowest BCUT2D eigenvalue weighted by molar-refractivity contribution is -0.385. The summed E-state index contributed by atoms with van der Waals surface area (Å²) in [5, 5.41) is 11.0. The van der Waals surface area contributed by atoms with E-state index in [0.29, 0.717) is 10.5 Å². The predicted molar refractivity (Wildman–Crippen MR) is 85.0 cm³/mol. The van der Waals surface area contributed by atoms with Gasteiger partial charge in [-0.25, -0.2) is 0 Å². The standard InChI is InChI=1S/C15H12BrF3N2O4/c1-9-6-12(16)25-13(9)14(22)20(8-15(17,18)19)7-10-4-2-3-5-11(10)21(23)24/h2-6H,7-8H2,1H3. The van der Waals surface area contributed by atoms with Crippen molar-refractivity contribution in [3.63, 3.8) is 0 Å². The van der Waals surface area contributed by atoms with Crippen LogP contribution >= 0.6 is 15.9 Å². The molecule has 0 spiro atoms. The minimum atomic E-state index is -4.67. The monoisotopic (exact) mass is 420 g/mol. The Kier molecular flexibility index (Phi) is 5.51. The zero-order valence-electron chi connectivity index (χ0n) is 12.8. The summed E-state index contributed by atoms with van der Waals surface area (Å²) >= 11 is 3.01. The summed E-state index contributed by atoms with van der Waals surface area (Å²) in [6, 6.07) is 6.77. The third-order valence-electron chi connectivity index (χ3n) is 3.29. The fourth-order valence-electron chi connectivity index (χ4n) is 2.24. The van der Waals surface area contributed by atoms with Crippen molar-refractivity contribution in [2.75, 3.05) is 6.54 Å². The molecule has 0 radical (unpaired) electrons. The number of rotatable bonds is 5. The minimum absolute atomic E-state index is 0.00613. The number of benzene rings is 1. The van der Waals surface area contributed by atoms with Crippen molar-refractivity contribution in [3.05, 3.63) is 62.0 Å². The summed E-state index contributed by atoms with van der Waals surface area (Å²) in [6.45, 7) is -0.624. The van der Waals surface area contributed by atoms with E-state index in [1.54, 1.807) is 0 Å². The molecule has 134 valence electrons. The van der Waals surface area contributed by atoms with E-state index in [1.807, 2.05) is 0 Å². The molecule has 25 heavy (non-hydrogen) atoms. The second-order valence-corrected chi connectivity index (χ2v) is 6.01. The van der Waals surface area contributed by atoms with Crippen LogP contribution < -0.4 is 0 Å². The zero-order valence-corrected chi connectivity index (χ0v) is 14.4. The van der Waals surface area contributed by atoms with Crippen molar-refractivity contribution in [1.29, 1.82) is 0 Å². The van der Waals surface area contributed by atoms with E-state index in [2.05, 4.69) is 15.9 Å². The Morgan fingerprint density at radius 2 is 2.00 bits per heavy atom. The minimum Gasteiger partial charge on any atom is -0.444 e. The Morgan fingerprint density at radius 3 is 2.52 bits per heavy atom. The predicted octanol–water partition coefficient (Wildman–Crippen LogP) is 4.46. The molecule has 0 aliphatic carbocycles. The summed E-state index contributed by atoms with van der Waals surface area (Å²) in [4.78, 5) is 23.3. The topological polar surface area (TPSA) is 76.6 Å². The highest BCUT2D eigenvalue weighted by atomic mass is 79.9. The fourth-order valence-corrected chi connectivity index (χ4v) is 2.75. The van der Waals surface area contributed by atoms with Crippen LogP contribution in [0.1, 0.15) is 21.7 Å². The van der Waals surface area contributed by atoms with E-state index in [4.69, 9.17) is 4.42 Å². The average molecular weight is 421 g/mol. The first-order valence-corrected chi connectivity index (χ1v) is 7.72. The van der Waals surface area contributed by atoms with E-state index >= 15 is 0 Å². The van der Waals surface area contributed by atoms with E-state index in [0.717, 1.165) is 0 Å². The number of halogens is 4. The SMILES string of the molecule is Cc1cc(Br)oc1C(=O)N(Cc1ccccc1[N+](=O)[O-])CC(F)(F)F. The molecule has 1 heterocycles. The number of carbonyl (C=O) groups is 1. The quantitative estimate of drug-likeness (QED) is 0.528. The molecule has 0 unspecified atom stereocenters. The van der Waals surface area contributed by atoms with Crippen LogP contribution in [0.5, 0.6) is 0 Å². The number of hydrogen-bond donors (Lipinski definition) is 0. The molecule has 1 amide bonds. The van der Waals surface area contributed by atoms with Crippen molar-refractivity contribution >= 4 is 27.5 Å². The van der Waals surface area contributed by atoms with Crippen LogP contribution in [0.25, 0.3) is 0 Å². The van der Waals surface area contributed by atoms with Gasteiger partial charge in [0.15, 0.2) is 10.4 Å². The van der Waals surface area contributed by atoms with Crippen LogP contribution in [0.4, 0.5) is 18.9 Å². The number of carbonyl (C=O) groups excluding carboxylic acids is 1. The van der Waals surface area contributed by atoms with Gasteiger partial charge in [-0.2, -0.15) is 13.2 Å². The molecule has 0 saturated heterocycles. The van der Waals surface area contributed by atoms with Crippen LogP contribution in [0.3, 0.4) is 0 Å². The van der Waals surface area contributed by atoms with Crippen molar-refractivity contribution in [2.24, 2.45) is 0 Å². The molecule has 6 nitrogen and oxygen atoms in total. The maximum Gasteiger partial charge on any atom is 0.406 e. The maximum atomic E-state index is 12.9. The summed E-state index contributed by atoms with van der Waals surface area (Å²) in [5.41, 5.74) is -0.0141. The smallest absolute Gasteiger partial charge is 0.406 e. The second-order valence-electron chi connectivity index (χ2n) is 5.22. The van der Waals surface area contributed by atoms with Gasteiger partial charge in [-0.3, -0.25) is 14.9 Å². The van der Waals surface area contributed by atoms with Crippen LogP contribution in [-0.4, -0.2) is 28.5 Å². The van der Waals surface area contributed by atoms with Crippen molar-refractivity contribution in [3.8, 4) is 0 Å². The summed E-state index contributed by atoms with van der Waals surface area (Å²) in [6.07, 6.45) is -4.67. The van der Waals surface area contributed by atoms with Gasteiger partial charge in [-0.15, -0.1) is 0 Å². The van der Waals surface area contributed by atoms with Gasteiger partial charge in [-0.1, -0.05) is 18.2 Å². The summed E-state index contributed by atoms with van der Waals surface area (Å²) < 4.78 is 44.0. The second kappa shape index (κ2) is 7.26. The first-order chi connectivity index (χ1) is 11.6. The lowest BCUT2D eigenvalue weighted by atomic mass is 10.1. The van der Waals surface area contributed by atoms with Gasteiger partial charge in [0, 0.05) is 17.2 Å². The Labute approximate surface area is 148 Å². The van der Waals surface area contributed by atoms with E-state index in [-0.39, 0.29) is 21.7 Å². The number of nitro groups is 1. The zero-order chi connectivity index (χ0) is 18.8. The molecule has 10 heteroatoms. The number of aryl methyl sites for hydroxylation is 1. The molecule has 0 saturated carbocycles. The van der Waals surface area contributed by atoms with E-state index in [9.17, 15) is 28.1 Å². The third-order valence-corrected chi connectivity index (χ3v) is 3.68. The van der Waals surface area contributed by atoms with Gasteiger partial charge in [0.25, 0.3) is 11.6 Å². The molecular formula is C15H12BrF3N2O4. The highest BCUT2D eigenvalue weighted by Crippen LogP contribution is 2.26. The van der Waals surface area contributed by atoms with Crippen LogP contribution in [0.15, 0.2) is 39.4 Å². The average Bonchev–Trinajstić information content (AvgIpc) is 2.83.